The molecule has 2 N–H and O–H groups in total. The number of nitrogens with zero attached hydrogens (tertiary/aromatic N) is 5. The van der Waals surface area contributed by atoms with E-state index in [-0.39, 0.29) is 70.3 Å². The van der Waals surface area contributed by atoms with Gasteiger partial charge < -0.3 is 39.3 Å². The van der Waals surface area contributed by atoms with Crippen LogP contribution in [0.1, 0.15) is 148 Å². The van der Waals surface area contributed by atoms with Crippen LogP contribution in [0.5, 0.6) is 5.75 Å². The van der Waals surface area contributed by atoms with Crippen LogP contribution in [0, 0.1) is 5.92 Å². The fourth-order valence-electron chi connectivity index (χ4n) is 9.09. The molecular weight excluding hydrogens is 995 g/mol. The van der Waals surface area contributed by atoms with Gasteiger partial charge in [-0.3, -0.25) is 38.6 Å². The monoisotopic (exact) mass is 1080 g/mol. The van der Waals surface area contributed by atoms with Crippen LogP contribution >= 0.6 is 0 Å². The molecule has 5 rings (SSSR count). The number of aldehydes is 1. The second kappa shape index (κ2) is 36.2. The maximum absolute atomic E-state index is 13.8. The largest absolute Gasteiger partial charge is 0.485 e. The highest BCUT2D eigenvalue weighted by Gasteiger charge is 2.40. The number of hydrogen-bond acceptors (Lipinski definition) is 17. The Morgan fingerprint density at radius 2 is 1.50 bits per heavy atom. The first-order chi connectivity index (χ1) is 37.5. The molecule has 1 aromatic carbocycles. The number of pyridine rings is 1. The lowest BCUT2D eigenvalue weighted by Crippen LogP contribution is -2.49. The van der Waals surface area contributed by atoms with E-state index in [1.165, 1.54) is 13.8 Å². The smallest absolute Gasteiger partial charge is 0.263 e. The lowest BCUT2D eigenvalue weighted by molar-refractivity contribution is -0.128. The summed E-state index contributed by atoms with van der Waals surface area (Å²) in [6, 6.07) is 8.92. The number of allylic oxidation sites excluding steroid dienone is 2. The first-order valence-corrected chi connectivity index (χ1v) is 27.8. The Kier molecular flexibility index (Phi) is 30.7. The van der Waals surface area contributed by atoms with Crippen molar-refractivity contribution in [1.29, 1.82) is 0 Å². The SMILES string of the molecule is C/C=C1/C(C)=C(C(C)=O)C(=O)N(C2CCCC2)/C1=N/C(Nc1ccc(N2CCN(CCOCCOCCOCCNC)CC2)cn1)=C(\C)CC.CCC(=O)C(C)CCC(C)=O.CCC(=O)c1cccc(OCC=O)c1C(C)=O. The molecule has 18 heteroatoms. The number of carbonyl (C=O) groups is 7. The van der Waals surface area contributed by atoms with Crippen LogP contribution in [0.3, 0.4) is 0 Å². The maximum atomic E-state index is 13.8. The standard InChI is InChI=1S/C38H59N7O5.C13H14O4.C9H16O2/c1-7-28(3)36(42-37-33(8-2)29(4)35(30(5)46)38(47)45(37)31-11-9-10-12-31)41-34-14-13-32(27-40-34)44-18-16-43(17-19-44)20-22-49-24-26-50-25-23-48-21-15-39-6;1-3-11(16)10-5-4-6-12(17-8-7-14)13(10)9(2)15;1-4-9(11)7(2)5-6-8(3)10/h8,13-14,27,31,39H,7,9-12,15-26H2,1-6H3,(H,40,41);4-7H,3,8H2,1-2H3;7H,4-6H2,1-3H3/b33-8-,36-28+,42-37+;;. The van der Waals surface area contributed by atoms with E-state index in [0.717, 1.165) is 88.2 Å². The van der Waals surface area contributed by atoms with Crippen LogP contribution < -0.4 is 20.3 Å². The van der Waals surface area contributed by atoms with Crippen LogP contribution in [-0.4, -0.2) is 160 Å². The molecule has 2 fully saturated rings. The Bertz CT molecular complexity index is 2420. The average molecular weight is 1080 g/mol. The number of benzene rings is 1. The second-order valence-corrected chi connectivity index (χ2v) is 19.5. The zero-order valence-electron chi connectivity index (χ0n) is 48.6. The van der Waals surface area contributed by atoms with E-state index in [1.54, 1.807) is 36.9 Å². The molecule has 1 aromatic heterocycles. The van der Waals surface area contributed by atoms with Gasteiger partial charge in [0.05, 0.1) is 62.7 Å². The number of nitrogens with one attached hydrogen (secondary N) is 2. The Hall–Kier alpha value is -6.05. The summed E-state index contributed by atoms with van der Waals surface area (Å²) >= 11 is 0. The van der Waals surface area contributed by atoms with Gasteiger partial charge in [0.25, 0.3) is 5.91 Å². The van der Waals surface area contributed by atoms with E-state index in [1.807, 2.05) is 60.0 Å². The summed E-state index contributed by atoms with van der Waals surface area (Å²) in [5, 5.41) is 6.51. The summed E-state index contributed by atoms with van der Waals surface area (Å²) < 4.78 is 21.9. The molecule has 0 radical (unpaired) electrons. The topological polar surface area (TPSA) is 215 Å². The highest BCUT2D eigenvalue weighted by atomic mass is 16.5. The summed E-state index contributed by atoms with van der Waals surface area (Å²) in [7, 11) is 1.91. The average Bonchev–Trinajstić information content (AvgIpc) is 4.06. The van der Waals surface area contributed by atoms with Gasteiger partial charge in [0, 0.05) is 81.6 Å². The molecule has 3 heterocycles. The summed E-state index contributed by atoms with van der Waals surface area (Å²) in [6.07, 6.45) is 11.3. The predicted molar refractivity (Wildman–Crippen MR) is 307 cm³/mol. The number of hydrogen-bond donors (Lipinski definition) is 2. The van der Waals surface area contributed by atoms with Crippen molar-refractivity contribution in [2.24, 2.45) is 10.9 Å². The van der Waals surface area contributed by atoms with Gasteiger partial charge in [0.1, 0.15) is 41.4 Å². The van der Waals surface area contributed by atoms with Crippen LogP contribution in [0.4, 0.5) is 11.5 Å². The van der Waals surface area contributed by atoms with E-state index in [9.17, 15) is 33.6 Å². The number of ketones is 5. The lowest BCUT2D eigenvalue weighted by Gasteiger charge is -2.36. The van der Waals surface area contributed by atoms with Crippen LogP contribution in [0.25, 0.3) is 0 Å². The number of Topliss-reactive ketones (excluding diaryl/α,β-unsaturated/α-hetero) is 5. The molecule has 1 saturated carbocycles. The van der Waals surface area contributed by atoms with Crippen molar-refractivity contribution in [3.63, 3.8) is 0 Å². The van der Waals surface area contributed by atoms with E-state index >= 15 is 0 Å². The number of amidine groups is 1. The minimum absolute atomic E-state index is 0.0240. The molecule has 1 saturated heterocycles. The molecule has 2 aromatic rings. The molecular formula is C60H89N7O11. The van der Waals surface area contributed by atoms with Gasteiger partial charge in [-0.05, 0) is 104 Å². The van der Waals surface area contributed by atoms with Crippen molar-refractivity contribution in [1.82, 2.24) is 20.1 Å². The molecule has 2 aliphatic heterocycles. The fourth-order valence-corrected chi connectivity index (χ4v) is 9.09. The second-order valence-electron chi connectivity index (χ2n) is 19.5. The zero-order chi connectivity index (χ0) is 57.6. The van der Waals surface area contributed by atoms with Crippen LogP contribution in [-0.2, 0) is 38.2 Å². The van der Waals surface area contributed by atoms with E-state index in [0.29, 0.717) is 100 Å². The number of likely N-dealkylation sites (N-methyl/N-ethyl adjacent to an activating group) is 1. The number of aromatic nitrogens is 1. The van der Waals surface area contributed by atoms with Crippen molar-refractivity contribution in [2.75, 3.05) is 103 Å². The normalized spacial score (nSPS) is 16.7. The number of rotatable bonds is 30. The highest BCUT2D eigenvalue weighted by Crippen LogP contribution is 2.34. The van der Waals surface area contributed by atoms with Crippen LogP contribution in [0.15, 0.2) is 75.7 Å². The molecule has 430 valence electrons. The zero-order valence-corrected chi connectivity index (χ0v) is 48.6. The molecule has 1 aliphatic carbocycles. The summed E-state index contributed by atoms with van der Waals surface area (Å²) in [5.41, 5.74) is 4.51. The van der Waals surface area contributed by atoms with E-state index in [4.69, 9.17) is 28.9 Å². The molecule has 3 aliphatic rings. The number of aliphatic imine (C=N–C) groups is 1. The Morgan fingerprint density at radius 1 is 0.846 bits per heavy atom. The van der Waals surface area contributed by atoms with Crippen molar-refractivity contribution >= 4 is 58.5 Å². The van der Waals surface area contributed by atoms with Gasteiger partial charge in [-0.25, -0.2) is 9.98 Å². The van der Waals surface area contributed by atoms with Gasteiger partial charge in [0.2, 0.25) is 0 Å². The Balaban J connectivity index is 0.000000464. The molecule has 18 nitrogen and oxygen atoms in total. The van der Waals surface area contributed by atoms with Gasteiger partial charge >= 0.3 is 0 Å². The summed E-state index contributed by atoms with van der Waals surface area (Å²) in [4.78, 5) is 98.0. The first kappa shape index (κ1) is 66.2. The molecule has 78 heavy (non-hydrogen) atoms. The minimum Gasteiger partial charge on any atom is -0.485 e. The Labute approximate surface area is 463 Å². The predicted octanol–water partition coefficient (Wildman–Crippen LogP) is 8.59. The summed E-state index contributed by atoms with van der Waals surface area (Å²) in [5.74, 6) is 1.93. The minimum atomic E-state index is -0.247. The third kappa shape index (κ3) is 21.3. The van der Waals surface area contributed by atoms with Crippen molar-refractivity contribution in [3.05, 3.63) is 81.8 Å². The molecule has 1 unspecified atom stereocenters. The molecule has 0 bridgehead atoms. The Morgan fingerprint density at radius 3 is 2.04 bits per heavy atom. The molecule has 0 spiro atoms. The third-order valence-electron chi connectivity index (χ3n) is 13.8. The fraction of sp³-hybridized carbons (Fsp3) is 0.583. The number of piperazine rings is 1. The number of ether oxygens (including phenoxy) is 4. The third-order valence-corrected chi connectivity index (χ3v) is 13.8. The number of anilines is 2. The molecule has 1 atom stereocenters. The summed E-state index contributed by atoms with van der Waals surface area (Å²) in [6.45, 7) is 27.0. The molecule has 1 amide bonds. The maximum Gasteiger partial charge on any atom is 0.263 e. The van der Waals surface area contributed by atoms with E-state index < -0.39 is 0 Å². The lowest BCUT2D eigenvalue weighted by atomic mass is 9.90. The van der Waals surface area contributed by atoms with Gasteiger partial charge in [-0.15, -0.1) is 0 Å². The van der Waals surface area contributed by atoms with Crippen LogP contribution in [0.2, 0.25) is 0 Å². The van der Waals surface area contributed by atoms with E-state index in [2.05, 4.69) is 33.4 Å². The first-order valence-electron chi connectivity index (χ1n) is 27.8. The highest BCUT2D eigenvalue weighted by molar-refractivity contribution is 6.29. The van der Waals surface area contributed by atoms with Crippen molar-refractivity contribution in [2.45, 2.75) is 133 Å². The van der Waals surface area contributed by atoms with Crippen molar-refractivity contribution < 1.29 is 52.5 Å². The van der Waals surface area contributed by atoms with Crippen molar-refractivity contribution in [3.8, 4) is 5.75 Å². The number of amides is 1. The number of carbonyl (C=O) groups excluding carboxylic acids is 7. The van der Waals surface area contributed by atoms with Gasteiger partial charge in [-0.1, -0.05) is 58.7 Å². The quantitative estimate of drug-likeness (QED) is 0.0324. The van der Waals surface area contributed by atoms with Gasteiger partial charge in [0.15, 0.2) is 23.6 Å². The van der Waals surface area contributed by atoms with Gasteiger partial charge in [-0.2, -0.15) is 0 Å².